The third-order valence-corrected chi connectivity index (χ3v) is 6.29. The van der Waals surface area contributed by atoms with Gasteiger partial charge in [-0.3, -0.25) is 4.79 Å². The second-order valence-corrected chi connectivity index (χ2v) is 7.88. The van der Waals surface area contributed by atoms with Crippen LogP contribution in [-0.4, -0.2) is 19.0 Å². The third kappa shape index (κ3) is 3.11. The van der Waals surface area contributed by atoms with E-state index in [1.807, 2.05) is 0 Å². The number of hydrogen-bond donors (Lipinski definition) is 1. The lowest BCUT2D eigenvalue weighted by Gasteiger charge is -2.22. The molecule has 3 fully saturated rings. The van der Waals surface area contributed by atoms with E-state index in [4.69, 9.17) is 0 Å². The van der Waals surface area contributed by atoms with Gasteiger partial charge in [-0.05, 0) is 80.5 Å². The Labute approximate surface area is 139 Å². The summed E-state index contributed by atoms with van der Waals surface area (Å²) in [5.74, 6) is 2.58. The maximum absolute atomic E-state index is 12.4. The molecule has 0 spiro atoms. The molecule has 23 heavy (non-hydrogen) atoms. The number of anilines is 2. The summed E-state index contributed by atoms with van der Waals surface area (Å²) < 4.78 is 0. The van der Waals surface area contributed by atoms with E-state index in [1.165, 1.54) is 49.8 Å². The average molecular weight is 312 g/mol. The monoisotopic (exact) mass is 312 g/mol. The first-order valence-corrected chi connectivity index (χ1v) is 9.34. The maximum Gasteiger partial charge on any atom is 0.224 e. The molecule has 2 aliphatic carbocycles. The van der Waals surface area contributed by atoms with E-state index >= 15 is 0 Å². The van der Waals surface area contributed by atoms with E-state index in [-0.39, 0.29) is 5.91 Å². The van der Waals surface area contributed by atoms with Crippen LogP contribution in [0.25, 0.3) is 0 Å². The summed E-state index contributed by atoms with van der Waals surface area (Å²) in [5, 5.41) is 3.16. The Kier molecular flexibility index (Phi) is 4.04. The van der Waals surface area contributed by atoms with E-state index in [9.17, 15) is 4.79 Å². The van der Waals surface area contributed by atoms with Crippen LogP contribution in [0.3, 0.4) is 0 Å². The van der Waals surface area contributed by atoms with Gasteiger partial charge in [0.15, 0.2) is 0 Å². The predicted octanol–water partition coefficient (Wildman–Crippen LogP) is 4.36. The molecule has 0 aromatic heterocycles. The topological polar surface area (TPSA) is 32.3 Å². The largest absolute Gasteiger partial charge is 0.372 e. The maximum atomic E-state index is 12.4. The summed E-state index contributed by atoms with van der Waals surface area (Å²) >= 11 is 0. The Morgan fingerprint density at radius 2 is 2.04 bits per heavy atom. The molecule has 3 nitrogen and oxygen atoms in total. The highest BCUT2D eigenvalue weighted by Crippen LogP contribution is 2.49. The zero-order chi connectivity index (χ0) is 15.8. The molecule has 1 aromatic rings. The van der Waals surface area contributed by atoms with Crippen molar-refractivity contribution in [2.75, 3.05) is 23.3 Å². The van der Waals surface area contributed by atoms with Crippen LogP contribution in [-0.2, 0) is 4.79 Å². The summed E-state index contributed by atoms with van der Waals surface area (Å²) in [7, 11) is 0. The standard InChI is InChI=1S/C20H28N2O/c1-14-10-18(22-8-2-3-9-22)6-7-19(14)21-20(23)13-17-12-15-4-5-16(17)11-15/h6-7,10,15-17H,2-5,8-9,11-13H2,1H3,(H,21,23)/t15-,16-,17-/m0/s1. The molecule has 124 valence electrons. The van der Waals surface area contributed by atoms with E-state index < -0.39 is 0 Å². The Morgan fingerprint density at radius 1 is 1.22 bits per heavy atom. The van der Waals surface area contributed by atoms with Gasteiger partial charge in [-0.2, -0.15) is 0 Å². The number of aryl methyl sites for hydroxylation is 1. The fourth-order valence-electron chi connectivity index (χ4n) is 5.03. The van der Waals surface area contributed by atoms with Gasteiger partial charge in [-0.1, -0.05) is 6.42 Å². The van der Waals surface area contributed by atoms with Crippen molar-refractivity contribution < 1.29 is 4.79 Å². The van der Waals surface area contributed by atoms with Gasteiger partial charge in [0.25, 0.3) is 0 Å². The van der Waals surface area contributed by atoms with E-state index in [2.05, 4.69) is 35.3 Å². The van der Waals surface area contributed by atoms with Crippen molar-refractivity contribution in [1.29, 1.82) is 0 Å². The van der Waals surface area contributed by atoms with Crippen LogP contribution < -0.4 is 10.2 Å². The van der Waals surface area contributed by atoms with Crippen LogP contribution in [0.15, 0.2) is 18.2 Å². The van der Waals surface area contributed by atoms with Crippen LogP contribution in [0, 0.1) is 24.7 Å². The summed E-state index contributed by atoms with van der Waals surface area (Å²) in [4.78, 5) is 14.9. The molecule has 0 radical (unpaired) electrons. The number of carbonyl (C=O) groups is 1. The Balaban J connectivity index is 1.37. The minimum absolute atomic E-state index is 0.208. The molecule has 1 saturated heterocycles. The lowest BCUT2D eigenvalue weighted by Crippen LogP contribution is -2.21. The smallest absolute Gasteiger partial charge is 0.224 e. The van der Waals surface area contributed by atoms with Crippen LogP contribution >= 0.6 is 0 Å². The van der Waals surface area contributed by atoms with Crippen molar-refractivity contribution in [1.82, 2.24) is 0 Å². The number of amides is 1. The quantitative estimate of drug-likeness (QED) is 0.896. The molecule has 2 saturated carbocycles. The van der Waals surface area contributed by atoms with E-state index in [1.54, 1.807) is 0 Å². The van der Waals surface area contributed by atoms with Crippen LogP contribution in [0.2, 0.25) is 0 Å². The Morgan fingerprint density at radius 3 is 2.70 bits per heavy atom. The van der Waals surface area contributed by atoms with Crippen molar-refractivity contribution in [3.05, 3.63) is 23.8 Å². The molecule has 1 aliphatic heterocycles. The van der Waals surface area contributed by atoms with E-state index in [0.717, 1.165) is 30.6 Å². The molecule has 3 atom stereocenters. The lowest BCUT2D eigenvalue weighted by molar-refractivity contribution is -0.117. The molecule has 1 heterocycles. The number of rotatable bonds is 4. The molecular formula is C20H28N2O. The number of benzene rings is 1. The van der Waals surface area contributed by atoms with Crippen LogP contribution in [0.4, 0.5) is 11.4 Å². The number of nitrogens with one attached hydrogen (secondary N) is 1. The first kappa shape index (κ1) is 15.0. The molecule has 1 aromatic carbocycles. The Hall–Kier alpha value is -1.51. The van der Waals surface area contributed by atoms with Crippen molar-refractivity contribution >= 4 is 17.3 Å². The van der Waals surface area contributed by atoms with Gasteiger partial charge < -0.3 is 10.2 Å². The van der Waals surface area contributed by atoms with Gasteiger partial charge in [0.2, 0.25) is 5.91 Å². The van der Waals surface area contributed by atoms with Gasteiger partial charge >= 0.3 is 0 Å². The molecule has 2 bridgehead atoms. The minimum atomic E-state index is 0.208. The summed E-state index contributed by atoms with van der Waals surface area (Å²) in [6.45, 7) is 4.43. The number of fused-ring (bicyclic) bond motifs is 2. The third-order valence-electron chi connectivity index (χ3n) is 6.29. The van der Waals surface area contributed by atoms with E-state index in [0.29, 0.717) is 12.3 Å². The van der Waals surface area contributed by atoms with Crippen molar-refractivity contribution in [2.45, 2.75) is 51.9 Å². The van der Waals surface area contributed by atoms with Crippen molar-refractivity contribution in [3.8, 4) is 0 Å². The van der Waals surface area contributed by atoms with Crippen LogP contribution in [0.1, 0.15) is 50.5 Å². The second-order valence-electron chi connectivity index (χ2n) is 7.88. The highest BCUT2D eigenvalue weighted by molar-refractivity contribution is 5.92. The Bertz CT molecular complexity index is 591. The van der Waals surface area contributed by atoms with Gasteiger partial charge in [0, 0.05) is 30.9 Å². The molecular weight excluding hydrogens is 284 g/mol. The highest BCUT2D eigenvalue weighted by atomic mass is 16.1. The second kappa shape index (κ2) is 6.18. The van der Waals surface area contributed by atoms with Gasteiger partial charge in [-0.15, -0.1) is 0 Å². The summed E-state index contributed by atoms with van der Waals surface area (Å²) in [6.07, 6.45) is 8.72. The molecule has 1 amide bonds. The fraction of sp³-hybridized carbons (Fsp3) is 0.650. The minimum Gasteiger partial charge on any atom is -0.372 e. The zero-order valence-corrected chi connectivity index (χ0v) is 14.2. The predicted molar refractivity (Wildman–Crippen MR) is 94.8 cm³/mol. The zero-order valence-electron chi connectivity index (χ0n) is 14.2. The van der Waals surface area contributed by atoms with Crippen molar-refractivity contribution in [2.24, 2.45) is 17.8 Å². The first-order valence-electron chi connectivity index (χ1n) is 9.34. The fourth-order valence-corrected chi connectivity index (χ4v) is 5.03. The molecule has 0 unspecified atom stereocenters. The normalized spacial score (nSPS) is 29.3. The molecule has 3 heteroatoms. The van der Waals surface area contributed by atoms with Gasteiger partial charge in [0.05, 0.1) is 0 Å². The number of nitrogens with zero attached hydrogens (tertiary/aromatic N) is 1. The van der Waals surface area contributed by atoms with Crippen LogP contribution in [0.5, 0.6) is 0 Å². The number of carbonyl (C=O) groups excluding carboxylic acids is 1. The molecule has 4 rings (SSSR count). The molecule has 1 N–H and O–H groups in total. The first-order chi connectivity index (χ1) is 11.2. The van der Waals surface area contributed by atoms with Gasteiger partial charge in [0.1, 0.15) is 0 Å². The summed E-state index contributed by atoms with van der Waals surface area (Å²) in [6, 6.07) is 6.46. The van der Waals surface area contributed by atoms with Gasteiger partial charge in [-0.25, -0.2) is 0 Å². The molecule has 3 aliphatic rings. The van der Waals surface area contributed by atoms with Crippen molar-refractivity contribution in [3.63, 3.8) is 0 Å². The highest BCUT2D eigenvalue weighted by Gasteiger charge is 2.40. The number of hydrogen-bond acceptors (Lipinski definition) is 2. The average Bonchev–Trinajstić information content (AvgIpc) is 3.26. The summed E-state index contributed by atoms with van der Waals surface area (Å²) in [5.41, 5.74) is 3.46. The SMILES string of the molecule is Cc1cc(N2CCCC2)ccc1NC(=O)C[C@@H]1C[C@H]2CC[C@H]1C2. The lowest BCUT2D eigenvalue weighted by atomic mass is 9.86.